The van der Waals surface area contributed by atoms with E-state index in [1.165, 1.54) is 24.7 Å². The largest absolute Gasteiger partial charge is 0.463 e. The van der Waals surface area contributed by atoms with Crippen LogP contribution in [-0.2, 0) is 25.8 Å². The van der Waals surface area contributed by atoms with Gasteiger partial charge in [-0.05, 0) is 0 Å². The van der Waals surface area contributed by atoms with Crippen molar-refractivity contribution in [2.75, 3.05) is 18.5 Å². The summed E-state index contributed by atoms with van der Waals surface area (Å²) < 4.78 is 11.5. The quantitative estimate of drug-likeness (QED) is 0.549. The first-order chi connectivity index (χ1) is 10.5. The third-order valence-corrected chi connectivity index (χ3v) is 2.54. The van der Waals surface area contributed by atoms with Crippen molar-refractivity contribution in [2.45, 2.75) is 20.6 Å². The second kappa shape index (κ2) is 6.80. The number of nitrogens with one attached hydrogen (secondary N) is 2. The van der Waals surface area contributed by atoms with Crippen LogP contribution in [0, 0.1) is 0 Å². The van der Waals surface area contributed by atoms with Crippen LogP contribution in [0.15, 0.2) is 11.1 Å². The molecule has 0 unspecified atom stereocenters. The van der Waals surface area contributed by atoms with Crippen molar-refractivity contribution < 1.29 is 19.1 Å². The maximum atomic E-state index is 12.0. The summed E-state index contributed by atoms with van der Waals surface area (Å²) in [6.07, 6.45) is 1.40. The molecule has 0 aliphatic heterocycles. The molecule has 0 fully saturated rings. The van der Waals surface area contributed by atoms with Gasteiger partial charge in [0.25, 0.3) is 5.56 Å². The third-order valence-electron chi connectivity index (χ3n) is 2.54. The van der Waals surface area contributed by atoms with Crippen molar-refractivity contribution in [2.24, 2.45) is 0 Å². The molecule has 2 aromatic rings. The molecule has 0 atom stereocenters. The van der Waals surface area contributed by atoms with Crippen molar-refractivity contribution >= 4 is 29.0 Å². The first-order valence-electron chi connectivity index (χ1n) is 6.41. The number of H-pyrrole nitrogens is 1. The fraction of sp³-hybridized carbons (Fsp3) is 0.417. The van der Waals surface area contributed by atoms with Crippen LogP contribution in [0.2, 0.25) is 0 Å². The highest BCUT2D eigenvalue weighted by Gasteiger charge is 2.11. The van der Waals surface area contributed by atoms with Crippen LogP contribution in [0.1, 0.15) is 13.8 Å². The number of imidazole rings is 1. The number of hydrogen-bond acceptors (Lipinski definition) is 7. The summed E-state index contributed by atoms with van der Waals surface area (Å²) in [7, 11) is 0. The van der Waals surface area contributed by atoms with Gasteiger partial charge in [-0.1, -0.05) is 0 Å². The third kappa shape index (κ3) is 3.88. The van der Waals surface area contributed by atoms with Gasteiger partial charge in [-0.25, -0.2) is 4.98 Å². The molecule has 2 aromatic heterocycles. The smallest absolute Gasteiger partial charge is 0.302 e. The van der Waals surface area contributed by atoms with Crippen LogP contribution in [0.4, 0.5) is 5.95 Å². The van der Waals surface area contributed by atoms with E-state index in [2.05, 4.69) is 20.3 Å². The van der Waals surface area contributed by atoms with Gasteiger partial charge in [-0.15, -0.1) is 0 Å². The predicted octanol–water partition coefficient (Wildman–Crippen LogP) is -0.385. The molecule has 0 aliphatic carbocycles. The van der Waals surface area contributed by atoms with Crippen LogP contribution < -0.4 is 10.9 Å². The zero-order valence-electron chi connectivity index (χ0n) is 12.1. The van der Waals surface area contributed by atoms with E-state index in [9.17, 15) is 14.4 Å². The summed E-state index contributed by atoms with van der Waals surface area (Å²) in [6.45, 7) is 2.99. The molecule has 118 valence electrons. The topological polar surface area (TPSA) is 128 Å². The van der Waals surface area contributed by atoms with Crippen molar-refractivity contribution in [3.05, 3.63) is 16.7 Å². The minimum atomic E-state index is -0.449. The molecule has 0 bridgehead atoms. The number of hydrogen-bond donors (Lipinski definition) is 2. The molecule has 0 aliphatic rings. The zero-order chi connectivity index (χ0) is 16.1. The highest BCUT2D eigenvalue weighted by atomic mass is 16.6. The van der Waals surface area contributed by atoms with Gasteiger partial charge in [-0.3, -0.25) is 24.7 Å². The number of ether oxygens (including phenoxy) is 2. The van der Waals surface area contributed by atoms with Crippen LogP contribution in [0.3, 0.4) is 0 Å². The number of aromatic nitrogens is 4. The Kier molecular flexibility index (Phi) is 4.84. The lowest BCUT2D eigenvalue weighted by molar-refractivity contribution is -0.142. The standard InChI is InChI=1S/C12H15N5O5/c1-7(18)14-12-15-10-9(11(20)16-12)17(5-13-10)6-21-3-4-22-8(2)19/h5H,3-4,6H2,1-2H3,(H2,14,15,16,18,20). The highest BCUT2D eigenvalue weighted by Crippen LogP contribution is 2.07. The summed E-state index contributed by atoms with van der Waals surface area (Å²) in [4.78, 5) is 44.0. The van der Waals surface area contributed by atoms with E-state index < -0.39 is 5.56 Å². The fourth-order valence-corrected chi connectivity index (χ4v) is 1.72. The molecule has 10 heteroatoms. The molecule has 0 radical (unpaired) electrons. The van der Waals surface area contributed by atoms with Gasteiger partial charge in [-0.2, -0.15) is 4.98 Å². The molecule has 2 rings (SSSR count). The Morgan fingerprint density at radius 2 is 2.14 bits per heavy atom. The van der Waals surface area contributed by atoms with Crippen molar-refractivity contribution in [3.63, 3.8) is 0 Å². The summed E-state index contributed by atoms with van der Waals surface area (Å²) in [5.41, 5.74) is -0.0347. The Morgan fingerprint density at radius 1 is 1.36 bits per heavy atom. The number of carbonyl (C=O) groups is 2. The molecular formula is C12H15N5O5. The van der Waals surface area contributed by atoms with E-state index in [1.807, 2.05) is 0 Å². The van der Waals surface area contributed by atoms with E-state index in [0.29, 0.717) is 0 Å². The Bertz CT molecular complexity index is 750. The Morgan fingerprint density at radius 3 is 2.82 bits per heavy atom. The SMILES string of the molecule is CC(=O)Nc1nc2ncn(COCCOC(C)=O)c2c(=O)[nH]1. The summed E-state index contributed by atoms with van der Waals surface area (Å²) in [6, 6.07) is 0. The average molecular weight is 309 g/mol. The lowest BCUT2D eigenvalue weighted by Crippen LogP contribution is -2.18. The number of carbonyl (C=O) groups excluding carboxylic acids is 2. The Labute approximate surface area is 124 Å². The number of nitrogens with zero attached hydrogens (tertiary/aromatic N) is 3. The van der Waals surface area contributed by atoms with Crippen molar-refractivity contribution in [1.82, 2.24) is 19.5 Å². The number of aromatic amines is 1. The summed E-state index contributed by atoms with van der Waals surface area (Å²) >= 11 is 0. The van der Waals surface area contributed by atoms with Gasteiger partial charge >= 0.3 is 5.97 Å². The number of rotatable bonds is 6. The fourth-order valence-electron chi connectivity index (χ4n) is 1.72. The lowest BCUT2D eigenvalue weighted by atomic mass is 10.5. The van der Waals surface area contributed by atoms with Crippen LogP contribution in [0.5, 0.6) is 0 Å². The Balaban J connectivity index is 2.07. The van der Waals surface area contributed by atoms with E-state index >= 15 is 0 Å². The molecule has 10 nitrogen and oxygen atoms in total. The van der Waals surface area contributed by atoms with Gasteiger partial charge in [0.1, 0.15) is 13.3 Å². The van der Waals surface area contributed by atoms with Gasteiger partial charge in [0.15, 0.2) is 11.2 Å². The molecule has 2 N–H and O–H groups in total. The molecule has 0 aromatic carbocycles. The van der Waals surface area contributed by atoms with Gasteiger partial charge in [0.05, 0.1) is 12.9 Å². The number of amides is 1. The number of fused-ring (bicyclic) bond motifs is 1. The first kappa shape index (κ1) is 15.6. The van der Waals surface area contributed by atoms with Crippen LogP contribution in [0.25, 0.3) is 11.2 Å². The molecule has 1 amide bonds. The van der Waals surface area contributed by atoms with Crippen molar-refractivity contribution in [1.29, 1.82) is 0 Å². The molecule has 0 saturated heterocycles. The Hall–Kier alpha value is -2.75. The predicted molar refractivity (Wildman–Crippen MR) is 75.0 cm³/mol. The molecule has 22 heavy (non-hydrogen) atoms. The lowest BCUT2D eigenvalue weighted by Gasteiger charge is -2.06. The van der Waals surface area contributed by atoms with E-state index in [4.69, 9.17) is 9.47 Å². The molecule has 0 spiro atoms. The highest BCUT2D eigenvalue weighted by molar-refractivity contribution is 5.87. The van der Waals surface area contributed by atoms with Crippen molar-refractivity contribution in [3.8, 4) is 0 Å². The first-order valence-corrected chi connectivity index (χ1v) is 6.41. The minimum absolute atomic E-state index is 0.0334. The number of anilines is 1. The molecule has 0 saturated carbocycles. The van der Waals surface area contributed by atoms with Crippen LogP contribution >= 0.6 is 0 Å². The van der Waals surface area contributed by atoms with Gasteiger partial charge < -0.3 is 14.0 Å². The molecule has 2 heterocycles. The summed E-state index contributed by atoms with van der Waals surface area (Å²) in [5.74, 6) is -0.704. The second-order valence-electron chi connectivity index (χ2n) is 4.36. The van der Waals surface area contributed by atoms with Gasteiger partial charge in [0.2, 0.25) is 11.9 Å². The zero-order valence-corrected chi connectivity index (χ0v) is 12.1. The maximum absolute atomic E-state index is 12.0. The molecular weight excluding hydrogens is 294 g/mol. The van der Waals surface area contributed by atoms with E-state index in [0.717, 1.165) is 0 Å². The van der Waals surface area contributed by atoms with E-state index in [1.54, 1.807) is 0 Å². The van der Waals surface area contributed by atoms with Crippen LogP contribution in [-0.4, -0.2) is 44.6 Å². The number of esters is 1. The van der Waals surface area contributed by atoms with Gasteiger partial charge in [0, 0.05) is 13.8 Å². The monoisotopic (exact) mass is 309 g/mol. The average Bonchev–Trinajstić information content (AvgIpc) is 2.80. The van der Waals surface area contributed by atoms with E-state index in [-0.39, 0.29) is 48.9 Å². The minimum Gasteiger partial charge on any atom is -0.463 e. The second-order valence-corrected chi connectivity index (χ2v) is 4.36. The normalized spacial score (nSPS) is 10.6. The summed E-state index contributed by atoms with van der Waals surface area (Å²) in [5, 5.41) is 2.38. The maximum Gasteiger partial charge on any atom is 0.302 e.